The van der Waals surface area contributed by atoms with Gasteiger partial charge in [-0.2, -0.15) is 0 Å². The van der Waals surface area contributed by atoms with E-state index in [-0.39, 0.29) is 0 Å². The van der Waals surface area contributed by atoms with Gasteiger partial charge in [0.25, 0.3) is 0 Å². The number of nitrogens with zero attached hydrogens (tertiary/aromatic N) is 2. The summed E-state index contributed by atoms with van der Waals surface area (Å²) in [5, 5.41) is 0. The molecule has 2 heterocycles. The van der Waals surface area contributed by atoms with E-state index in [0.717, 1.165) is 35.0 Å². The molecule has 0 unspecified atom stereocenters. The minimum atomic E-state index is 0.927. The number of nitrogens with one attached hydrogen (secondary N) is 1. The van der Waals surface area contributed by atoms with Crippen molar-refractivity contribution in [2.45, 2.75) is 34.1 Å². The van der Waals surface area contributed by atoms with E-state index in [2.05, 4.69) is 21.9 Å². The summed E-state index contributed by atoms with van der Waals surface area (Å²) < 4.78 is 0. The number of aryl methyl sites for hydroxylation is 2. The molecule has 0 fully saturated rings. The molecule has 0 aliphatic carbocycles. The number of imidazole rings is 1. The fraction of sp³-hybridized carbons (Fsp3) is 0.455. The van der Waals surface area contributed by atoms with Gasteiger partial charge in [-0.3, -0.25) is 4.99 Å². The van der Waals surface area contributed by atoms with Crippen LogP contribution in [0.3, 0.4) is 0 Å². The van der Waals surface area contributed by atoms with Gasteiger partial charge in [0.15, 0.2) is 5.82 Å². The van der Waals surface area contributed by atoms with Gasteiger partial charge in [0.2, 0.25) is 0 Å². The largest absolute Gasteiger partial charge is 0.341 e. The Morgan fingerprint density at radius 2 is 1.86 bits per heavy atom. The lowest BCUT2D eigenvalue weighted by atomic mass is 10.1. The second-order valence-corrected chi connectivity index (χ2v) is 3.90. The summed E-state index contributed by atoms with van der Waals surface area (Å²) in [6, 6.07) is 0. The standard InChI is InChI=1S/C11H15N3/c1-6-5-10(12-7(6)2)11-13-8(3)9(4)14-11/h5H2,1-4H3,(H,13,14). The van der Waals surface area contributed by atoms with Crippen LogP contribution < -0.4 is 0 Å². The first-order valence-corrected chi connectivity index (χ1v) is 4.85. The Kier molecular flexibility index (Phi) is 2.02. The SMILES string of the molecule is CC1=C(C)N=C(c2nc(C)c(C)[nH]2)C1. The summed E-state index contributed by atoms with van der Waals surface area (Å²) >= 11 is 0. The molecule has 0 saturated heterocycles. The summed E-state index contributed by atoms with van der Waals surface area (Å²) in [5.41, 5.74) is 5.73. The Bertz CT molecular complexity index is 416. The monoisotopic (exact) mass is 189 g/mol. The van der Waals surface area contributed by atoms with Gasteiger partial charge in [0.05, 0.1) is 11.4 Å². The molecular weight excluding hydrogens is 174 g/mol. The van der Waals surface area contributed by atoms with Gasteiger partial charge in [0, 0.05) is 17.8 Å². The number of aromatic amines is 1. The molecule has 0 spiro atoms. The number of allylic oxidation sites excluding steroid dienone is 2. The van der Waals surface area contributed by atoms with Crippen LogP contribution in [0.4, 0.5) is 0 Å². The lowest BCUT2D eigenvalue weighted by molar-refractivity contribution is 1.18. The highest BCUT2D eigenvalue weighted by Gasteiger charge is 2.16. The van der Waals surface area contributed by atoms with Crippen LogP contribution in [0.2, 0.25) is 0 Å². The van der Waals surface area contributed by atoms with Crippen molar-refractivity contribution in [2.24, 2.45) is 4.99 Å². The van der Waals surface area contributed by atoms with E-state index < -0.39 is 0 Å². The number of hydrogen-bond acceptors (Lipinski definition) is 2. The molecule has 0 amide bonds. The van der Waals surface area contributed by atoms with E-state index in [1.165, 1.54) is 5.57 Å². The maximum atomic E-state index is 4.50. The molecule has 1 aliphatic heterocycles. The zero-order valence-electron chi connectivity index (χ0n) is 9.10. The van der Waals surface area contributed by atoms with Crippen molar-refractivity contribution in [3.05, 3.63) is 28.5 Å². The van der Waals surface area contributed by atoms with Crippen molar-refractivity contribution in [2.75, 3.05) is 0 Å². The molecule has 0 atom stereocenters. The third-order valence-corrected chi connectivity index (χ3v) is 2.75. The highest BCUT2D eigenvalue weighted by atomic mass is 15.0. The predicted octanol–water partition coefficient (Wildman–Crippen LogP) is 2.51. The number of rotatable bonds is 1. The Balaban J connectivity index is 2.32. The summed E-state index contributed by atoms with van der Waals surface area (Å²) in [4.78, 5) is 12.2. The fourth-order valence-electron chi connectivity index (χ4n) is 1.54. The van der Waals surface area contributed by atoms with Crippen LogP contribution in [0.1, 0.15) is 37.5 Å². The molecular formula is C11H15N3. The number of aliphatic imine (C=N–C) groups is 1. The molecule has 1 aromatic heterocycles. The van der Waals surface area contributed by atoms with Gasteiger partial charge in [-0.25, -0.2) is 4.98 Å². The zero-order chi connectivity index (χ0) is 10.3. The molecule has 0 radical (unpaired) electrons. The van der Waals surface area contributed by atoms with E-state index >= 15 is 0 Å². The predicted molar refractivity (Wildman–Crippen MR) is 57.6 cm³/mol. The van der Waals surface area contributed by atoms with Crippen molar-refractivity contribution in [1.82, 2.24) is 9.97 Å². The van der Waals surface area contributed by atoms with Crippen LogP contribution in [0.15, 0.2) is 16.3 Å². The van der Waals surface area contributed by atoms with Gasteiger partial charge >= 0.3 is 0 Å². The average Bonchev–Trinajstić information content (AvgIpc) is 2.60. The van der Waals surface area contributed by atoms with Crippen molar-refractivity contribution < 1.29 is 0 Å². The van der Waals surface area contributed by atoms with Crippen molar-refractivity contribution in [1.29, 1.82) is 0 Å². The Labute approximate surface area is 84.0 Å². The Morgan fingerprint density at radius 3 is 2.29 bits per heavy atom. The molecule has 1 aliphatic rings. The highest BCUT2D eigenvalue weighted by molar-refractivity contribution is 6.01. The Morgan fingerprint density at radius 1 is 1.14 bits per heavy atom. The zero-order valence-corrected chi connectivity index (χ0v) is 9.10. The first kappa shape index (κ1) is 9.19. The number of aromatic nitrogens is 2. The minimum absolute atomic E-state index is 0.927. The molecule has 0 bridgehead atoms. The van der Waals surface area contributed by atoms with Gasteiger partial charge in [0.1, 0.15) is 0 Å². The van der Waals surface area contributed by atoms with Crippen LogP contribution in [0.25, 0.3) is 0 Å². The van der Waals surface area contributed by atoms with Crippen molar-refractivity contribution in [3.8, 4) is 0 Å². The van der Waals surface area contributed by atoms with Crippen LogP contribution in [0, 0.1) is 13.8 Å². The highest BCUT2D eigenvalue weighted by Crippen LogP contribution is 2.21. The van der Waals surface area contributed by atoms with Crippen molar-refractivity contribution >= 4 is 5.71 Å². The average molecular weight is 189 g/mol. The summed E-state index contributed by atoms with van der Waals surface area (Å²) in [7, 11) is 0. The van der Waals surface area contributed by atoms with Crippen LogP contribution in [0.5, 0.6) is 0 Å². The molecule has 1 aromatic rings. The van der Waals surface area contributed by atoms with Gasteiger partial charge < -0.3 is 4.98 Å². The van der Waals surface area contributed by atoms with Gasteiger partial charge in [-0.05, 0) is 33.3 Å². The van der Waals surface area contributed by atoms with E-state index in [0.29, 0.717) is 0 Å². The van der Waals surface area contributed by atoms with Gasteiger partial charge in [-0.1, -0.05) is 0 Å². The molecule has 0 aromatic carbocycles. The van der Waals surface area contributed by atoms with Crippen molar-refractivity contribution in [3.63, 3.8) is 0 Å². The molecule has 0 saturated carbocycles. The third-order valence-electron chi connectivity index (χ3n) is 2.75. The Hall–Kier alpha value is -1.38. The fourth-order valence-corrected chi connectivity index (χ4v) is 1.54. The minimum Gasteiger partial charge on any atom is -0.341 e. The molecule has 3 heteroatoms. The maximum absolute atomic E-state index is 4.50. The molecule has 2 rings (SSSR count). The maximum Gasteiger partial charge on any atom is 0.152 e. The van der Waals surface area contributed by atoms with Crippen LogP contribution >= 0.6 is 0 Å². The van der Waals surface area contributed by atoms with E-state index in [4.69, 9.17) is 0 Å². The van der Waals surface area contributed by atoms with Crippen LogP contribution in [-0.2, 0) is 0 Å². The molecule has 74 valence electrons. The smallest absolute Gasteiger partial charge is 0.152 e. The first-order chi connectivity index (χ1) is 6.58. The summed E-state index contributed by atoms with van der Waals surface area (Å²) in [6.07, 6.45) is 0.929. The van der Waals surface area contributed by atoms with Gasteiger partial charge in [-0.15, -0.1) is 0 Å². The summed E-state index contributed by atoms with van der Waals surface area (Å²) in [5.74, 6) is 0.927. The summed E-state index contributed by atoms with van der Waals surface area (Å²) in [6.45, 7) is 8.21. The molecule has 14 heavy (non-hydrogen) atoms. The molecule has 3 nitrogen and oxygen atoms in total. The van der Waals surface area contributed by atoms with E-state index in [1.807, 2.05) is 20.8 Å². The number of H-pyrrole nitrogens is 1. The second-order valence-electron chi connectivity index (χ2n) is 3.90. The lowest BCUT2D eigenvalue weighted by Gasteiger charge is -1.94. The number of hydrogen-bond donors (Lipinski definition) is 1. The molecule has 1 N–H and O–H groups in total. The first-order valence-electron chi connectivity index (χ1n) is 4.85. The van der Waals surface area contributed by atoms with E-state index in [9.17, 15) is 0 Å². The second kappa shape index (κ2) is 3.08. The third kappa shape index (κ3) is 1.39. The lowest BCUT2D eigenvalue weighted by Crippen LogP contribution is -2.00. The van der Waals surface area contributed by atoms with E-state index in [1.54, 1.807) is 0 Å². The quantitative estimate of drug-likeness (QED) is 0.724. The normalized spacial score (nSPS) is 16.4. The topological polar surface area (TPSA) is 41.0 Å². The van der Waals surface area contributed by atoms with Crippen LogP contribution in [-0.4, -0.2) is 15.7 Å².